The molecule has 1 atom stereocenters. The summed E-state index contributed by atoms with van der Waals surface area (Å²) in [7, 11) is 2.01. The number of hydrogen-bond donors (Lipinski definition) is 1. The van der Waals surface area contributed by atoms with Crippen LogP contribution in [0.25, 0.3) is 0 Å². The highest BCUT2D eigenvalue weighted by atomic mass is 15.3. The molecule has 0 aromatic carbocycles. The van der Waals surface area contributed by atoms with E-state index < -0.39 is 0 Å². The maximum atomic E-state index is 4.43. The fourth-order valence-electron chi connectivity index (χ4n) is 1.59. The van der Waals surface area contributed by atoms with Crippen molar-refractivity contribution >= 4 is 0 Å². The van der Waals surface area contributed by atoms with Crippen molar-refractivity contribution in [3.8, 4) is 0 Å². The molecule has 0 saturated heterocycles. The van der Waals surface area contributed by atoms with Crippen molar-refractivity contribution in [2.24, 2.45) is 7.05 Å². The van der Waals surface area contributed by atoms with Gasteiger partial charge in [0.1, 0.15) is 0 Å². The van der Waals surface area contributed by atoms with Gasteiger partial charge in [-0.1, -0.05) is 13.8 Å². The predicted octanol–water partition coefficient (Wildman–Crippen LogP) is 2.04. The summed E-state index contributed by atoms with van der Waals surface area (Å²) in [5, 5.41) is 7.90. The maximum absolute atomic E-state index is 4.43. The van der Waals surface area contributed by atoms with Crippen LogP contribution in [0.4, 0.5) is 0 Å². The quantitative estimate of drug-likeness (QED) is 0.779. The summed E-state index contributed by atoms with van der Waals surface area (Å²) in [4.78, 5) is 0. The van der Waals surface area contributed by atoms with Crippen LogP contribution >= 0.6 is 0 Å². The molecule has 1 unspecified atom stereocenters. The van der Waals surface area contributed by atoms with E-state index in [2.05, 4.69) is 37.3 Å². The van der Waals surface area contributed by atoms with Crippen molar-refractivity contribution in [1.82, 2.24) is 15.1 Å². The molecule has 0 amide bonds. The molecule has 1 heterocycles. The van der Waals surface area contributed by atoms with Crippen molar-refractivity contribution in [3.05, 3.63) is 17.5 Å². The number of rotatable bonds is 5. The molecule has 0 fully saturated rings. The van der Waals surface area contributed by atoms with E-state index in [0.29, 0.717) is 6.04 Å². The van der Waals surface area contributed by atoms with Gasteiger partial charge in [0.15, 0.2) is 0 Å². The lowest BCUT2D eigenvalue weighted by atomic mass is 10.2. The first-order chi connectivity index (χ1) is 6.69. The summed E-state index contributed by atoms with van der Waals surface area (Å²) < 4.78 is 1.98. The van der Waals surface area contributed by atoms with Gasteiger partial charge >= 0.3 is 0 Å². The van der Waals surface area contributed by atoms with Crippen molar-refractivity contribution in [3.63, 3.8) is 0 Å². The van der Waals surface area contributed by atoms with E-state index in [-0.39, 0.29) is 0 Å². The first-order valence-corrected chi connectivity index (χ1v) is 5.45. The lowest BCUT2D eigenvalue weighted by Crippen LogP contribution is -2.21. The van der Waals surface area contributed by atoms with Gasteiger partial charge in [0.25, 0.3) is 0 Å². The van der Waals surface area contributed by atoms with E-state index in [1.54, 1.807) is 0 Å². The second-order valence-corrected chi connectivity index (χ2v) is 3.71. The van der Waals surface area contributed by atoms with E-state index in [9.17, 15) is 0 Å². The topological polar surface area (TPSA) is 29.9 Å². The predicted molar refractivity (Wildman–Crippen MR) is 59.3 cm³/mol. The Balaban J connectivity index is 2.68. The molecule has 1 aromatic heterocycles. The molecule has 3 nitrogen and oxygen atoms in total. The zero-order valence-corrected chi connectivity index (χ0v) is 9.67. The lowest BCUT2D eigenvalue weighted by Gasteiger charge is -2.12. The highest BCUT2D eigenvalue weighted by Gasteiger charge is 2.10. The standard InChI is InChI=1S/C11H21N3/c1-5-7-12-9(3)11-8-10(6-2)13-14(11)4/h8-9,12H,5-7H2,1-4H3. The van der Waals surface area contributed by atoms with Crippen LogP contribution in [-0.4, -0.2) is 16.3 Å². The first-order valence-electron chi connectivity index (χ1n) is 5.45. The van der Waals surface area contributed by atoms with Gasteiger partial charge in [-0.3, -0.25) is 4.68 Å². The second kappa shape index (κ2) is 5.15. The minimum atomic E-state index is 0.396. The summed E-state index contributed by atoms with van der Waals surface area (Å²) in [6.45, 7) is 7.57. The summed E-state index contributed by atoms with van der Waals surface area (Å²) in [6, 6.07) is 2.58. The Morgan fingerprint density at radius 3 is 2.71 bits per heavy atom. The largest absolute Gasteiger partial charge is 0.309 e. The van der Waals surface area contributed by atoms with Crippen molar-refractivity contribution in [2.45, 2.75) is 39.7 Å². The molecule has 0 aliphatic rings. The number of nitrogens with one attached hydrogen (secondary N) is 1. The van der Waals surface area contributed by atoms with Gasteiger partial charge in [-0.25, -0.2) is 0 Å². The number of hydrogen-bond acceptors (Lipinski definition) is 2. The third-order valence-electron chi connectivity index (χ3n) is 2.47. The molecule has 0 saturated carbocycles. The Hall–Kier alpha value is -0.830. The van der Waals surface area contributed by atoms with Crippen LogP contribution in [0.1, 0.15) is 44.6 Å². The van der Waals surface area contributed by atoms with Gasteiger partial charge < -0.3 is 5.32 Å². The van der Waals surface area contributed by atoms with Crippen molar-refractivity contribution in [2.75, 3.05) is 6.54 Å². The summed E-state index contributed by atoms with van der Waals surface area (Å²) in [5.74, 6) is 0. The molecule has 0 aliphatic carbocycles. The second-order valence-electron chi connectivity index (χ2n) is 3.71. The van der Waals surface area contributed by atoms with Gasteiger partial charge in [0.05, 0.1) is 11.4 Å². The van der Waals surface area contributed by atoms with E-state index in [0.717, 1.165) is 13.0 Å². The molecular weight excluding hydrogens is 174 g/mol. The minimum absolute atomic E-state index is 0.396. The third kappa shape index (κ3) is 2.58. The van der Waals surface area contributed by atoms with E-state index in [1.807, 2.05) is 11.7 Å². The molecular formula is C11H21N3. The van der Waals surface area contributed by atoms with Gasteiger partial charge in [0.2, 0.25) is 0 Å². The number of nitrogens with zero attached hydrogens (tertiary/aromatic N) is 2. The fraction of sp³-hybridized carbons (Fsp3) is 0.727. The third-order valence-corrected chi connectivity index (χ3v) is 2.47. The van der Waals surface area contributed by atoms with Crippen LogP contribution in [0.2, 0.25) is 0 Å². The minimum Gasteiger partial charge on any atom is -0.309 e. The van der Waals surface area contributed by atoms with E-state index >= 15 is 0 Å². The SMILES string of the molecule is CCCNC(C)c1cc(CC)nn1C. The van der Waals surface area contributed by atoms with Crippen LogP contribution < -0.4 is 5.32 Å². The van der Waals surface area contributed by atoms with Crippen molar-refractivity contribution < 1.29 is 0 Å². The van der Waals surface area contributed by atoms with E-state index in [1.165, 1.54) is 17.8 Å². The lowest BCUT2D eigenvalue weighted by molar-refractivity contribution is 0.528. The zero-order valence-electron chi connectivity index (χ0n) is 9.67. The number of aryl methyl sites for hydroxylation is 2. The van der Waals surface area contributed by atoms with Crippen LogP contribution in [0.15, 0.2) is 6.07 Å². The first kappa shape index (κ1) is 11.2. The number of aromatic nitrogens is 2. The van der Waals surface area contributed by atoms with Crippen LogP contribution in [0.5, 0.6) is 0 Å². The zero-order chi connectivity index (χ0) is 10.6. The molecule has 80 valence electrons. The highest BCUT2D eigenvalue weighted by Crippen LogP contribution is 2.13. The molecule has 0 bridgehead atoms. The highest BCUT2D eigenvalue weighted by molar-refractivity contribution is 5.13. The molecule has 1 N–H and O–H groups in total. The van der Waals surface area contributed by atoms with Gasteiger partial charge in [-0.2, -0.15) is 5.10 Å². The maximum Gasteiger partial charge on any atom is 0.0625 e. The van der Waals surface area contributed by atoms with Crippen LogP contribution in [0, 0.1) is 0 Å². The van der Waals surface area contributed by atoms with Crippen LogP contribution in [-0.2, 0) is 13.5 Å². The molecule has 3 heteroatoms. The smallest absolute Gasteiger partial charge is 0.0625 e. The Bertz CT molecular complexity index is 278. The molecule has 14 heavy (non-hydrogen) atoms. The Labute approximate surface area is 86.5 Å². The van der Waals surface area contributed by atoms with Gasteiger partial charge in [0, 0.05) is 13.1 Å². The van der Waals surface area contributed by atoms with Crippen molar-refractivity contribution in [1.29, 1.82) is 0 Å². The Morgan fingerprint density at radius 1 is 1.50 bits per heavy atom. The average molecular weight is 195 g/mol. The molecule has 0 aliphatic heterocycles. The molecule has 1 aromatic rings. The summed E-state index contributed by atoms with van der Waals surface area (Å²) >= 11 is 0. The summed E-state index contributed by atoms with van der Waals surface area (Å²) in [5.41, 5.74) is 2.45. The van der Waals surface area contributed by atoms with Gasteiger partial charge in [-0.15, -0.1) is 0 Å². The Kier molecular flexibility index (Phi) is 4.14. The monoisotopic (exact) mass is 195 g/mol. The van der Waals surface area contributed by atoms with Gasteiger partial charge in [-0.05, 0) is 32.4 Å². The fourth-order valence-corrected chi connectivity index (χ4v) is 1.59. The molecule has 0 spiro atoms. The van der Waals surface area contributed by atoms with Crippen LogP contribution in [0.3, 0.4) is 0 Å². The average Bonchev–Trinajstić information content (AvgIpc) is 2.56. The normalized spacial score (nSPS) is 13.1. The molecule has 1 rings (SSSR count). The summed E-state index contributed by atoms with van der Waals surface area (Å²) in [6.07, 6.45) is 2.18. The molecule has 0 radical (unpaired) electrons. The van der Waals surface area contributed by atoms with E-state index in [4.69, 9.17) is 0 Å². The Morgan fingerprint density at radius 2 is 2.21 bits per heavy atom.